The second-order valence-corrected chi connectivity index (χ2v) is 4.99. The van der Waals surface area contributed by atoms with Gasteiger partial charge in [0, 0.05) is 11.1 Å². The topological polar surface area (TPSA) is 66.4 Å². The fraction of sp³-hybridized carbons (Fsp3) is 0.0667. The predicted octanol–water partition coefficient (Wildman–Crippen LogP) is 2.77. The molecule has 20 heavy (non-hydrogen) atoms. The Balaban J connectivity index is 1.98. The number of rotatable bonds is 4. The molecule has 0 aliphatic carbocycles. The number of amides is 1. The van der Waals surface area contributed by atoms with Gasteiger partial charge in [-0.15, -0.1) is 0 Å². The minimum atomic E-state index is -0.405. The monoisotopic (exact) mass is 333 g/mol. The molecule has 0 aromatic heterocycles. The van der Waals surface area contributed by atoms with Crippen molar-refractivity contribution in [1.29, 1.82) is 0 Å². The molecule has 2 aromatic carbocycles. The number of hydrogen-bond donors (Lipinski definition) is 2. The van der Waals surface area contributed by atoms with Crippen LogP contribution in [-0.4, -0.2) is 23.3 Å². The van der Waals surface area contributed by atoms with Crippen molar-refractivity contribution in [1.82, 2.24) is 5.32 Å². The second-order valence-electron chi connectivity index (χ2n) is 4.14. The summed E-state index contributed by atoms with van der Waals surface area (Å²) in [6.07, 6.45) is 0. The van der Waals surface area contributed by atoms with Gasteiger partial charge in [-0.25, -0.2) is 0 Å². The van der Waals surface area contributed by atoms with Crippen LogP contribution in [0.4, 0.5) is 0 Å². The van der Waals surface area contributed by atoms with Crippen LogP contribution in [0.2, 0.25) is 0 Å². The first-order chi connectivity index (χ1) is 9.58. The van der Waals surface area contributed by atoms with Gasteiger partial charge in [-0.2, -0.15) is 0 Å². The van der Waals surface area contributed by atoms with Crippen LogP contribution < -0.4 is 5.32 Å². The average Bonchev–Trinajstić information content (AvgIpc) is 2.48. The number of nitrogens with one attached hydrogen (secondary N) is 1. The summed E-state index contributed by atoms with van der Waals surface area (Å²) in [5, 5.41) is 12.0. The summed E-state index contributed by atoms with van der Waals surface area (Å²) in [6.45, 7) is -0.0837. The number of phenols is 1. The van der Waals surface area contributed by atoms with E-state index >= 15 is 0 Å². The van der Waals surface area contributed by atoms with Crippen molar-refractivity contribution in [3.63, 3.8) is 0 Å². The molecular formula is C15H12BrNO3. The highest BCUT2D eigenvalue weighted by atomic mass is 79.9. The minimum Gasteiger partial charge on any atom is -0.507 e. The molecule has 0 bridgehead atoms. The van der Waals surface area contributed by atoms with Crippen LogP contribution in [0.5, 0.6) is 5.75 Å². The van der Waals surface area contributed by atoms with Crippen LogP contribution in [0, 0.1) is 0 Å². The summed E-state index contributed by atoms with van der Waals surface area (Å²) in [7, 11) is 0. The second kappa shape index (κ2) is 6.34. The van der Waals surface area contributed by atoms with Gasteiger partial charge in [-0.05, 0) is 34.1 Å². The number of ketones is 1. The summed E-state index contributed by atoms with van der Waals surface area (Å²) in [5.41, 5.74) is 0.845. The van der Waals surface area contributed by atoms with E-state index in [0.29, 0.717) is 15.6 Å². The summed E-state index contributed by atoms with van der Waals surface area (Å²) < 4.78 is 0.509. The van der Waals surface area contributed by atoms with Crippen LogP contribution in [0.25, 0.3) is 0 Å². The molecule has 0 aliphatic heterocycles. The molecule has 0 saturated carbocycles. The van der Waals surface area contributed by atoms with Gasteiger partial charge in [-0.1, -0.05) is 30.3 Å². The van der Waals surface area contributed by atoms with E-state index in [2.05, 4.69) is 21.2 Å². The molecule has 2 aromatic rings. The van der Waals surface area contributed by atoms with Crippen molar-refractivity contribution in [3.8, 4) is 5.75 Å². The summed E-state index contributed by atoms with van der Waals surface area (Å²) >= 11 is 3.14. The summed E-state index contributed by atoms with van der Waals surface area (Å²) in [6, 6.07) is 13.2. The molecule has 0 fully saturated rings. The third-order valence-corrected chi connectivity index (χ3v) is 3.38. The smallest absolute Gasteiger partial charge is 0.251 e. The number of phenolic OH excluding ortho intramolecular Hbond substituents is 1. The van der Waals surface area contributed by atoms with Crippen molar-refractivity contribution in [2.45, 2.75) is 0 Å². The van der Waals surface area contributed by atoms with E-state index < -0.39 is 5.91 Å². The molecule has 2 rings (SSSR count). The zero-order valence-corrected chi connectivity index (χ0v) is 12.1. The largest absolute Gasteiger partial charge is 0.507 e. The lowest BCUT2D eigenvalue weighted by molar-refractivity contribution is 0.0904. The molecule has 2 N–H and O–H groups in total. The Kier molecular flexibility index (Phi) is 4.53. The molecule has 0 saturated heterocycles. The van der Waals surface area contributed by atoms with E-state index in [4.69, 9.17) is 0 Å². The molecule has 0 unspecified atom stereocenters. The van der Waals surface area contributed by atoms with Crippen molar-refractivity contribution < 1.29 is 14.7 Å². The number of hydrogen-bond acceptors (Lipinski definition) is 3. The maximum absolute atomic E-state index is 11.9. The van der Waals surface area contributed by atoms with E-state index in [9.17, 15) is 14.7 Å². The maximum atomic E-state index is 11.9. The lowest BCUT2D eigenvalue weighted by atomic mass is 10.1. The number of halogens is 1. The average molecular weight is 334 g/mol. The van der Waals surface area contributed by atoms with Crippen molar-refractivity contribution in [3.05, 3.63) is 64.1 Å². The number of aromatic hydroxyl groups is 1. The van der Waals surface area contributed by atoms with Gasteiger partial charge in [0.05, 0.1) is 11.0 Å². The number of Topliss-reactive ketones (excluding diaryl/α,β-unsaturated/α-hetero) is 1. The molecule has 4 nitrogen and oxygen atoms in total. The lowest BCUT2D eigenvalue weighted by Gasteiger charge is -2.06. The molecule has 0 atom stereocenters. The van der Waals surface area contributed by atoms with Gasteiger partial charge in [0.15, 0.2) is 5.78 Å². The predicted molar refractivity (Wildman–Crippen MR) is 78.9 cm³/mol. The maximum Gasteiger partial charge on any atom is 0.251 e. The van der Waals surface area contributed by atoms with E-state index in [1.165, 1.54) is 6.07 Å². The Labute approximate surface area is 124 Å². The third kappa shape index (κ3) is 3.45. The van der Waals surface area contributed by atoms with E-state index in [1.54, 1.807) is 36.4 Å². The number of carbonyl (C=O) groups excluding carboxylic acids is 2. The van der Waals surface area contributed by atoms with Crippen molar-refractivity contribution >= 4 is 27.6 Å². The van der Waals surface area contributed by atoms with Crippen LogP contribution in [0.1, 0.15) is 20.7 Å². The van der Waals surface area contributed by atoms with Crippen molar-refractivity contribution in [2.24, 2.45) is 0 Å². The van der Waals surface area contributed by atoms with Crippen LogP contribution >= 0.6 is 15.9 Å². The summed E-state index contributed by atoms with van der Waals surface area (Å²) in [4.78, 5) is 23.7. The number of benzene rings is 2. The molecule has 0 spiro atoms. The van der Waals surface area contributed by atoms with Gasteiger partial charge in [0.1, 0.15) is 5.75 Å². The third-order valence-electron chi connectivity index (χ3n) is 2.71. The fourth-order valence-electron chi connectivity index (χ4n) is 1.64. The zero-order valence-electron chi connectivity index (χ0n) is 10.5. The van der Waals surface area contributed by atoms with Gasteiger partial charge >= 0.3 is 0 Å². The quantitative estimate of drug-likeness (QED) is 0.845. The van der Waals surface area contributed by atoms with Gasteiger partial charge in [-0.3, -0.25) is 9.59 Å². The first-order valence-corrected chi connectivity index (χ1v) is 6.72. The molecule has 1 amide bonds. The Bertz CT molecular complexity index is 641. The molecule has 102 valence electrons. The van der Waals surface area contributed by atoms with Crippen LogP contribution in [0.15, 0.2) is 53.0 Å². The fourth-order valence-corrected chi connectivity index (χ4v) is 1.89. The van der Waals surface area contributed by atoms with Gasteiger partial charge in [0.25, 0.3) is 5.91 Å². The standard InChI is InChI=1S/C15H12BrNO3/c16-12-7-6-11(8-13(12)18)15(20)17-9-14(19)10-4-2-1-3-5-10/h1-8,18H,9H2,(H,17,20). The van der Waals surface area contributed by atoms with Crippen molar-refractivity contribution in [2.75, 3.05) is 6.54 Å². The van der Waals surface area contributed by atoms with Gasteiger partial charge < -0.3 is 10.4 Å². The Morgan fingerprint density at radius 3 is 2.40 bits per heavy atom. The Morgan fingerprint density at radius 1 is 1.05 bits per heavy atom. The Morgan fingerprint density at radius 2 is 1.75 bits per heavy atom. The number of carbonyl (C=O) groups is 2. The highest BCUT2D eigenvalue weighted by Gasteiger charge is 2.11. The Hall–Kier alpha value is -2.14. The molecule has 0 radical (unpaired) electrons. The molecular weight excluding hydrogens is 322 g/mol. The molecule has 5 heteroatoms. The van der Waals surface area contributed by atoms with E-state index in [0.717, 1.165) is 0 Å². The normalized spacial score (nSPS) is 10.1. The molecule has 0 aliphatic rings. The minimum absolute atomic E-state index is 0.0213. The lowest BCUT2D eigenvalue weighted by Crippen LogP contribution is -2.29. The summed E-state index contributed by atoms with van der Waals surface area (Å²) in [5.74, 6) is -0.593. The first kappa shape index (κ1) is 14.3. The van der Waals surface area contributed by atoms with Crippen LogP contribution in [-0.2, 0) is 0 Å². The van der Waals surface area contributed by atoms with Gasteiger partial charge in [0.2, 0.25) is 0 Å². The highest BCUT2D eigenvalue weighted by molar-refractivity contribution is 9.10. The zero-order chi connectivity index (χ0) is 14.5. The van der Waals surface area contributed by atoms with Crippen LogP contribution in [0.3, 0.4) is 0 Å². The van der Waals surface area contributed by atoms with E-state index in [-0.39, 0.29) is 18.1 Å². The first-order valence-electron chi connectivity index (χ1n) is 5.93. The SMILES string of the molecule is O=C(CNC(=O)c1ccc(Br)c(O)c1)c1ccccc1. The highest BCUT2D eigenvalue weighted by Crippen LogP contribution is 2.24. The molecule has 0 heterocycles. The van der Waals surface area contributed by atoms with E-state index in [1.807, 2.05) is 6.07 Å².